The monoisotopic (exact) mass is 461 g/mol. The van der Waals surface area contributed by atoms with Crippen LogP contribution < -0.4 is 10.5 Å². The number of carbonyl (C=O) groups is 1. The Hall–Kier alpha value is -2.81. The third kappa shape index (κ3) is 5.41. The second kappa shape index (κ2) is 9.80. The summed E-state index contributed by atoms with van der Waals surface area (Å²) in [5, 5.41) is 9.08. The van der Waals surface area contributed by atoms with Gasteiger partial charge in [0, 0.05) is 17.8 Å². The van der Waals surface area contributed by atoms with Crippen molar-refractivity contribution < 1.29 is 9.53 Å². The van der Waals surface area contributed by atoms with E-state index in [1.165, 1.54) is 18.3 Å². The zero-order valence-electron chi connectivity index (χ0n) is 15.9. The van der Waals surface area contributed by atoms with Crippen molar-refractivity contribution in [2.45, 2.75) is 13.5 Å². The van der Waals surface area contributed by atoms with Crippen LogP contribution in [0, 0.1) is 5.41 Å². The lowest BCUT2D eigenvalue weighted by Gasteiger charge is -2.06. The van der Waals surface area contributed by atoms with Crippen LogP contribution in [0.5, 0.6) is 5.75 Å². The number of halogens is 2. The smallest absolute Gasteiger partial charge is 0.216 e. The largest absolute Gasteiger partial charge is 0.486 e. The predicted molar refractivity (Wildman–Crippen MR) is 123 cm³/mol. The Morgan fingerprint density at radius 2 is 2.03 bits per heavy atom. The number of aliphatic imine (C=N–C) groups is 2. The summed E-state index contributed by atoms with van der Waals surface area (Å²) in [4.78, 5) is 24.0. The number of nitrogens with zero attached hydrogens (tertiary/aromatic N) is 3. The van der Waals surface area contributed by atoms with Crippen molar-refractivity contribution in [2.75, 3.05) is 6.61 Å². The molecule has 1 heterocycles. The summed E-state index contributed by atoms with van der Waals surface area (Å²) in [6.45, 7) is 1.71. The molecule has 0 atom stereocenters. The molecule has 154 valence electrons. The fourth-order valence-corrected chi connectivity index (χ4v) is 3.97. The minimum Gasteiger partial charge on any atom is -0.486 e. The van der Waals surface area contributed by atoms with Crippen LogP contribution in [0.4, 0.5) is 0 Å². The van der Waals surface area contributed by atoms with Crippen molar-refractivity contribution >= 4 is 68.4 Å². The van der Waals surface area contributed by atoms with Crippen molar-refractivity contribution in [3.63, 3.8) is 0 Å². The number of fused-ring (bicyclic) bond motifs is 1. The Morgan fingerprint density at radius 3 is 2.70 bits per heavy atom. The van der Waals surface area contributed by atoms with Crippen molar-refractivity contribution in [1.29, 1.82) is 5.41 Å². The Labute approximate surface area is 186 Å². The van der Waals surface area contributed by atoms with Gasteiger partial charge in [-0.2, -0.15) is 0 Å². The highest BCUT2D eigenvalue weighted by Crippen LogP contribution is 2.27. The number of ether oxygens (including phenoxy) is 1. The lowest BCUT2D eigenvalue weighted by atomic mass is 10.1. The number of benzene rings is 2. The quantitative estimate of drug-likeness (QED) is 0.397. The number of Topliss-reactive ketones (excluding diaryl/α,β-unsaturated/α-hetero) is 1. The SMILES string of the molecule is CC(=O)COc1ccc2sc(CN=C(N)/N=C(\C=N)c3c(Cl)cccc3Cl)nc2c1. The lowest BCUT2D eigenvalue weighted by Crippen LogP contribution is -2.15. The molecular weight excluding hydrogens is 445 g/mol. The van der Waals surface area contributed by atoms with Gasteiger partial charge in [-0.15, -0.1) is 11.3 Å². The van der Waals surface area contributed by atoms with Crippen LogP contribution in [0.1, 0.15) is 17.5 Å². The van der Waals surface area contributed by atoms with Gasteiger partial charge in [-0.3, -0.25) is 4.79 Å². The fraction of sp³-hybridized carbons (Fsp3) is 0.150. The molecule has 3 rings (SSSR count). The number of nitrogens with one attached hydrogen (secondary N) is 1. The van der Waals surface area contributed by atoms with Gasteiger partial charge in [-0.25, -0.2) is 15.0 Å². The van der Waals surface area contributed by atoms with Gasteiger partial charge in [-0.1, -0.05) is 29.3 Å². The molecule has 0 saturated heterocycles. The van der Waals surface area contributed by atoms with Gasteiger partial charge in [0.1, 0.15) is 17.4 Å². The Bertz CT molecular complexity index is 1150. The number of nitrogens with two attached hydrogens (primary N) is 1. The van der Waals surface area contributed by atoms with E-state index in [0.717, 1.165) is 21.4 Å². The molecule has 0 aliphatic rings. The molecule has 0 bridgehead atoms. The molecule has 10 heteroatoms. The van der Waals surface area contributed by atoms with Crippen LogP contribution >= 0.6 is 34.5 Å². The second-order valence-electron chi connectivity index (χ2n) is 6.14. The average Bonchev–Trinajstić information content (AvgIpc) is 3.12. The van der Waals surface area contributed by atoms with Gasteiger partial charge in [0.15, 0.2) is 5.78 Å². The molecule has 0 spiro atoms. The summed E-state index contributed by atoms with van der Waals surface area (Å²) in [7, 11) is 0. The van der Waals surface area contributed by atoms with Crippen molar-refractivity contribution in [3.8, 4) is 5.75 Å². The molecule has 0 radical (unpaired) electrons. The minimum absolute atomic E-state index is 0.0192. The van der Waals surface area contributed by atoms with Crippen LogP contribution in [-0.2, 0) is 11.3 Å². The van der Waals surface area contributed by atoms with E-state index in [1.807, 2.05) is 6.07 Å². The number of hydrogen-bond donors (Lipinski definition) is 2. The van der Waals surface area contributed by atoms with Crippen LogP contribution in [0.15, 0.2) is 46.4 Å². The van der Waals surface area contributed by atoms with E-state index in [1.54, 1.807) is 30.3 Å². The maximum absolute atomic E-state index is 11.1. The summed E-state index contributed by atoms with van der Waals surface area (Å²) in [5.74, 6) is 0.505. The third-order valence-electron chi connectivity index (χ3n) is 3.81. The average molecular weight is 462 g/mol. The van der Waals surface area contributed by atoms with Crippen LogP contribution in [0.2, 0.25) is 10.0 Å². The van der Waals surface area contributed by atoms with E-state index in [-0.39, 0.29) is 30.6 Å². The Morgan fingerprint density at radius 1 is 1.30 bits per heavy atom. The van der Waals surface area contributed by atoms with E-state index in [2.05, 4.69) is 15.0 Å². The maximum Gasteiger partial charge on any atom is 0.216 e. The van der Waals surface area contributed by atoms with Gasteiger partial charge in [0.25, 0.3) is 0 Å². The van der Waals surface area contributed by atoms with Gasteiger partial charge in [0.2, 0.25) is 5.96 Å². The molecule has 0 aliphatic heterocycles. The van der Waals surface area contributed by atoms with E-state index < -0.39 is 0 Å². The Balaban J connectivity index is 1.78. The normalized spacial score (nSPS) is 12.2. The summed E-state index contributed by atoms with van der Waals surface area (Å²) >= 11 is 13.8. The first-order valence-corrected chi connectivity index (χ1v) is 10.3. The number of rotatable bonds is 7. The highest BCUT2D eigenvalue weighted by Gasteiger charge is 2.11. The second-order valence-corrected chi connectivity index (χ2v) is 8.07. The number of carbonyl (C=O) groups excluding carboxylic acids is 1. The molecule has 0 amide bonds. The summed E-state index contributed by atoms with van der Waals surface area (Å²) in [6.07, 6.45) is 1.02. The third-order valence-corrected chi connectivity index (χ3v) is 5.46. The minimum atomic E-state index is -0.0539. The van der Waals surface area contributed by atoms with Gasteiger partial charge < -0.3 is 15.9 Å². The zero-order valence-corrected chi connectivity index (χ0v) is 18.2. The van der Waals surface area contributed by atoms with E-state index in [4.69, 9.17) is 39.1 Å². The lowest BCUT2D eigenvalue weighted by molar-refractivity contribution is -0.118. The summed E-state index contributed by atoms with van der Waals surface area (Å²) in [5.41, 5.74) is 7.30. The van der Waals surface area contributed by atoms with Crippen molar-refractivity contribution in [1.82, 2.24) is 4.98 Å². The first kappa shape index (κ1) is 21.9. The standard InChI is InChI=1S/C20H17Cl2N5O2S/c1-11(28)10-29-12-5-6-17-15(7-12)26-18(30-17)9-25-20(24)27-16(8-23)19-13(21)3-2-4-14(19)22/h2-8,23H,9-10H2,1H3,(H2,24,25)/b23-8?,27-16+. The molecule has 30 heavy (non-hydrogen) atoms. The molecule has 0 unspecified atom stereocenters. The highest BCUT2D eigenvalue weighted by atomic mass is 35.5. The highest BCUT2D eigenvalue weighted by molar-refractivity contribution is 7.18. The number of guanidine groups is 1. The Kier molecular flexibility index (Phi) is 7.15. The van der Waals surface area contributed by atoms with Crippen molar-refractivity contribution in [2.24, 2.45) is 15.7 Å². The van der Waals surface area contributed by atoms with Gasteiger partial charge >= 0.3 is 0 Å². The van der Waals surface area contributed by atoms with Crippen molar-refractivity contribution in [3.05, 3.63) is 57.0 Å². The molecule has 7 nitrogen and oxygen atoms in total. The van der Waals surface area contributed by atoms with Crippen LogP contribution in [-0.4, -0.2) is 35.3 Å². The molecule has 0 fully saturated rings. The first-order chi connectivity index (χ1) is 14.4. The van der Waals surface area contributed by atoms with Crippen LogP contribution in [0.3, 0.4) is 0 Å². The molecule has 3 N–H and O–H groups in total. The maximum atomic E-state index is 11.1. The van der Waals surface area contributed by atoms with Gasteiger partial charge in [0.05, 0.1) is 32.5 Å². The van der Waals surface area contributed by atoms with Crippen LogP contribution in [0.25, 0.3) is 10.2 Å². The number of thiazole rings is 1. The molecule has 1 aromatic heterocycles. The summed E-state index contributed by atoms with van der Waals surface area (Å²) in [6, 6.07) is 10.5. The first-order valence-electron chi connectivity index (χ1n) is 8.72. The molecule has 3 aromatic rings. The molecule has 0 aliphatic carbocycles. The predicted octanol–water partition coefficient (Wildman–Crippen LogP) is 4.52. The van der Waals surface area contributed by atoms with E-state index in [9.17, 15) is 4.79 Å². The van der Waals surface area contributed by atoms with Gasteiger partial charge in [-0.05, 0) is 31.2 Å². The van der Waals surface area contributed by atoms with E-state index in [0.29, 0.717) is 21.4 Å². The number of aromatic nitrogens is 1. The molecule has 2 aromatic carbocycles. The zero-order chi connectivity index (χ0) is 21.7. The topological polar surface area (TPSA) is 114 Å². The van der Waals surface area contributed by atoms with E-state index >= 15 is 0 Å². The number of ketones is 1. The fourth-order valence-electron chi connectivity index (χ4n) is 2.51. The summed E-state index contributed by atoms with van der Waals surface area (Å²) < 4.78 is 6.37. The number of hydrogen-bond acceptors (Lipinski definition) is 6. The molecular formula is C20H17Cl2N5O2S. The molecule has 0 saturated carbocycles.